The van der Waals surface area contributed by atoms with Crippen LogP contribution in [0.3, 0.4) is 0 Å². The molecule has 2 rings (SSSR count). The van der Waals surface area contributed by atoms with Crippen LogP contribution in [-0.4, -0.2) is 11.4 Å². The van der Waals surface area contributed by atoms with Crippen LogP contribution in [0.25, 0.3) is 10.1 Å². The fourth-order valence-electron chi connectivity index (χ4n) is 1.22. The zero-order valence-corrected chi connectivity index (χ0v) is 10.7. The molecule has 0 fully saturated rings. The van der Waals surface area contributed by atoms with Crippen molar-refractivity contribution in [1.82, 2.24) is 0 Å². The summed E-state index contributed by atoms with van der Waals surface area (Å²) >= 11 is 5.56. The Morgan fingerprint density at radius 1 is 1.54 bits per heavy atom. The van der Waals surface area contributed by atoms with Crippen LogP contribution in [0.1, 0.15) is 0 Å². The number of thioether (sulfide) groups is 1. The monoisotopic (exact) mass is 322 g/mol. The third-order valence-electron chi connectivity index (χ3n) is 1.85. The Hall–Kier alpha value is 0.0600. The van der Waals surface area contributed by atoms with Crippen LogP contribution in [0.5, 0.6) is 5.75 Å². The average Bonchev–Trinajstić information content (AvgIpc) is 2.60. The minimum absolute atomic E-state index is 0.412. The van der Waals surface area contributed by atoms with Crippen molar-refractivity contribution in [2.45, 2.75) is 4.90 Å². The molecule has 0 amide bonds. The molecule has 0 aliphatic heterocycles. The summed E-state index contributed by atoms with van der Waals surface area (Å²) in [5.41, 5.74) is 0. The lowest BCUT2D eigenvalue weighted by Gasteiger charge is -2.03. The standard InChI is InChI=1S/C9H7IOS2/c1-12-7-4-6(10)8(11)5-2-3-13-9(5)7/h2-4,11H,1H3. The van der Waals surface area contributed by atoms with Gasteiger partial charge in [0.1, 0.15) is 5.75 Å². The summed E-state index contributed by atoms with van der Waals surface area (Å²) in [6, 6.07) is 4.00. The molecular weight excluding hydrogens is 315 g/mol. The topological polar surface area (TPSA) is 20.2 Å². The SMILES string of the molecule is CSc1cc(I)c(O)c2ccsc12. The Kier molecular flexibility index (Phi) is 2.71. The highest BCUT2D eigenvalue weighted by Crippen LogP contribution is 2.39. The number of hydrogen-bond acceptors (Lipinski definition) is 3. The first-order valence-electron chi connectivity index (χ1n) is 3.66. The molecular formula is C9H7IOS2. The van der Waals surface area contributed by atoms with E-state index in [0.29, 0.717) is 5.75 Å². The highest BCUT2D eigenvalue weighted by Gasteiger charge is 2.09. The van der Waals surface area contributed by atoms with E-state index in [4.69, 9.17) is 0 Å². The molecule has 0 aliphatic rings. The van der Waals surface area contributed by atoms with Crippen LogP contribution in [0, 0.1) is 3.57 Å². The number of hydrogen-bond donors (Lipinski definition) is 1. The van der Waals surface area contributed by atoms with E-state index in [0.717, 1.165) is 8.96 Å². The zero-order valence-electron chi connectivity index (χ0n) is 6.87. The molecule has 1 heterocycles. The molecule has 0 unspecified atom stereocenters. The van der Waals surface area contributed by atoms with Gasteiger partial charge in [-0.25, -0.2) is 0 Å². The van der Waals surface area contributed by atoms with E-state index in [1.54, 1.807) is 23.1 Å². The van der Waals surface area contributed by atoms with Crippen molar-refractivity contribution in [3.8, 4) is 5.75 Å². The zero-order chi connectivity index (χ0) is 9.42. The van der Waals surface area contributed by atoms with Crippen molar-refractivity contribution < 1.29 is 5.11 Å². The second kappa shape index (κ2) is 3.67. The first-order chi connectivity index (χ1) is 6.24. The van der Waals surface area contributed by atoms with E-state index in [9.17, 15) is 5.11 Å². The van der Waals surface area contributed by atoms with Crippen LogP contribution in [0.4, 0.5) is 0 Å². The van der Waals surface area contributed by atoms with E-state index in [2.05, 4.69) is 28.8 Å². The molecule has 68 valence electrons. The Morgan fingerprint density at radius 3 is 3.00 bits per heavy atom. The van der Waals surface area contributed by atoms with Crippen LogP contribution >= 0.6 is 45.7 Å². The highest BCUT2D eigenvalue weighted by atomic mass is 127. The van der Waals surface area contributed by atoms with Crippen molar-refractivity contribution in [2.24, 2.45) is 0 Å². The Labute approximate surface area is 98.3 Å². The smallest absolute Gasteiger partial charge is 0.137 e. The molecule has 2 aromatic rings. The highest BCUT2D eigenvalue weighted by molar-refractivity contribution is 14.1. The first-order valence-corrected chi connectivity index (χ1v) is 6.85. The summed E-state index contributed by atoms with van der Waals surface area (Å²) in [5.74, 6) is 0.412. The molecule has 0 saturated heterocycles. The summed E-state index contributed by atoms with van der Waals surface area (Å²) in [6.45, 7) is 0. The molecule has 1 aromatic carbocycles. The second-order valence-electron chi connectivity index (χ2n) is 2.57. The lowest BCUT2D eigenvalue weighted by molar-refractivity contribution is 0.478. The van der Waals surface area contributed by atoms with E-state index in [1.165, 1.54) is 9.60 Å². The molecule has 1 N–H and O–H groups in total. The van der Waals surface area contributed by atoms with Gasteiger partial charge in [0.2, 0.25) is 0 Å². The molecule has 0 radical (unpaired) electrons. The van der Waals surface area contributed by atoms with Gasteiger partial charge in [-0.15, -0.1) is 23.1 Å². The second-order valence-corrected chi connectivity index (χ2v) is 5.50. The number of phenolic OH excluding ortho intramolecular Hbond substituents is 1. The third kappa shape index (κ3) is 1.55. The lowest BCUT2D eigenvalue weighted by Crippen LogP contribution is -1.77. The molecule has 0 bridgehead atoms. The van der Waals surface area contributed by atoms with Gasteiger partial charge < -0.3 is 5.11 Å². The molecule has 1 nitrogen and oxygen atoms in total. The van der Waals surface area contributed by atoms with Gasteiger partial charge in [0.05, 0.1) is 8.27 Å². The minimum Gasteiger partial charge on any atom is -0.506 e. The molecule has 4 heteroatoms. The van der Waals surface area contributed by atoms with Crippen LogP contribution in [0.15, 0.2) is 22.4 Å². The first kappa shape index (κ1) is 9.61. The van der Waals surface area contributed by atoms with Crippen molar-refractivity contribution in [3.63, 3.8) is 0 Å². The van der Waals surface area contributed by atoms with Gasteiger partial charge in [-0.2, -0.15) is 0 Å². The van der Waals surface area contributed by atoms with Gasteiger partial charge in [0.25, 0.3) is 0 Å². The number of fused-ring (bicyclic) bond motifs is 1. The largest absolute Gasteiger partial charge is 0.506 e. The number of aromatic hydroxyl groups is 1. The van der Waals surface area contributed by atoms with Gasteiger partial charge in [-0.1, -0.05) is 0 Å². The normalized spacial score (nSPS) is 10.9. The fraction of sp³-hybridized carbons (Fsp3) is 0.111. The molecule has 0 atom stereocenters. The number of rotatable bonds is 1. The van der Waals surface area contributed by atoms with E-state index in [-0.39, 0.29) is 0 Å². The van der Waals surface area contributed by atoms with Crippen LogP contribution < -0.4 is 0 Å². The molecule has 0 spiro atoms. The summed E-state index contributed by atoms with van der Waals surface area (Å²) in [7, 11) is 0. The average molecular weight is 322 g/mol. The quantitative estimate of drug-likeness (QED) is 0.634. The maximum absolute atomic E-state index is 9.76. The van der Waals surface area contributed by atoms with Gasteiger partial charge >= 0.3 is 0 Å². The van der Waals surface area contributed by atoms with E-state index >= 15 is 0 Å². The van der Waals surface area contributed by atoms with E-state index in [1.807, 2.05) is 17.5 Å². The Balaban J connectivity index is 2.87. The number of thiophene rings is 1. The van der Waals surface area contributed by atoms with Gasteiger partial charge in [-0.3, -0.25) is 0 Å². The van der Waals surface area contributed by atoms with E-state index < -0.39 is 0 Å². The third-order valence-corrected chi connectivity index (χ3v) is 4.51. The summed E-state index contributed by atoms with van der Waals surface area (Å²) < 4.78 is 2.11. The van der Waals surface area contributed by atoms with Crippen molar-refractivity contribution >= 4 is 55.8 Å². The number of halogens is 1. The molecule has 1 aromatic heterocycles. The minimum atomic E-state index is 0.412. The summed E-state index contributed by atoms with van der Waals surface area (Å²) in [6.07, 6.45) is 2.06. The number of phenols is 1. The van der Waals surface area contributed by atoms with Crippen molar-refractivity contribution in [3.05, 3.63) is 21.1 Å². The fourth-order valence-corrected chi connectivity index (χ4v) is 3.76. The van der Waals surface area contributed by atoms with Crippen LogP contribution in [0.2, 0.25) is 0 Å². The van der Waals surface area contributed by atoms with Gasteiger partial charge in [0.15, 0.2) is 0 Å². The van der Waals surface area contributed by atoms with Crippen molar-refractivity contribution in [1.29, 1.82) is 0 Å². The Bertz CT molecular complexity index is 450. The van der Waals surface area contributed by atoms with Gasteiger partial charge in [-0.05, 0) is 46.4 Å². The van der Waals surface area contributed by atoms with Crippen molar-refractivity contribution in [2.75, 3.05) is 6.26 Å². The Morgan fingerprint density at radius 2 is 2.31 bits per heavy atom. The molecule has 13 heavy (non-hydrogen) atoms. The van der Waals surface area contributed by atoms with Gasteiger partial charge in [0, 0.05) is 10.3 Å². The molecule has 0 aliphatic carbocycles. The predicted molar refractivity (Wildman–Crippen MR) is 68.0 cm³/mol. The summed E-state index contributed by atoms with van der Waals surface area (Å²) in [4.78, 5) is 1.24. The lowest BCUT2D eigenvalue weighted by atomic mass is 10.2. The summed E-state index contributed by atoms with van der Waals surface area (Å²) in [5, 5.41) is 12.7. The predicted octanol–water partition coefficient (Wildman–Crippen LogP) is 3.93. The maximum atomic E-state index is 9.76. The number of benzene rings is 1. The molecule has 0 saturated carbocycles. The maximum Gasteiger partial charge on any atom is 0.137 e. The van der Waals surface area contributed by atoms with Crippen LogP contribution in [-0.2, 0) is 0 Å².